The lowest BCUT2D eigenvalue weighted by atomic mass is 10.4. The van der Waals surface area contributed by atoms with Crippen LogP contribution in [0.25, 0.3) is 11.2 Å². The van der Waals surface area contributed by atoms with Crippen LogP contribution in [0.3, 0.4) is 0 Å². The fourth-order valence-corrected chi connectivity index (χ4v) is 1.63. The van der Waals surface area contributed by atoms with E-state index in [0.717, 1.165) is 0 Å². The summed E-state index contributed by atoms with van der Waals surface area (Å²) in [7, 11) is 1.47. The third-order valence-corrected chi connectivity index (χ3v) is 2.49. The summed E-state index contributed by atoms with van der Waals surface area (Å²) in [6.07, 6.45) is 0.0361. The Balaban J connectivity index is 2.41. The van der Waals surface area contributed by atoms with Gasteiger partial charge in [-0.25, -0.2) is 9.78 Å². The highest BCUT2D eigenvalue weighted by Crippen LogP contribution is 2.12. The van der Waals surface area contributed by atoms with Crippen LogP contribution in [0.2, 0.25) is 0 Å². The minimum absolute atomic E-state index is 0.104. The number of nitrogens with one attached hydrogen (secondary N) is 1. The van der Waals surface area contributed by atoms with Gasteiger partial charge < -0.3 is 15.2 Å². The first kappa shape index (κ1) is 12.8. The van der Waals surface area contributed by atoms with Gasteiger partial charge in [-0.05, 0) is 6.07 Å². The SMILES string of the molecule is COc1ccc2ncc(=O)n(CCNC(=O)O)c2n1. The molecule has 100 valence electrons. The third kappa shape index (κ3) is 2.79. The quantitative estimate of drug-likeness (QED) is 0.809. The summed E-state index contributed by atoms with van der Waals surface area (Å²) in [4.78, 5) is 30.3. The summed E-state index contributed by atoms with van der Waals surface area (Å²) in [5, 5.41) is 10.7. The van der Waals surface area contributed by atoms with E-state index < -0.39 is 6.09 Å². The molecule has 0 saturated carbocycles. The number of rotatable bonds is 4. The second-order valence-electron chi connectivity index (χ2n) is 3.68. The summed E-state index contributed by atoms with van der Waals surface area (Å²) in [6, 6.07) is 3.32. The lowest BCUT2D eigenvalue weighted by Gasteiger charge is -2.09. The van der Waals surface area contributed by atoms with Crippen molar-refractivity contribution in [3.8, 4) is 5.88 Å². The zero-order chi connectivity index (χ0) is 13.8. The molecule has 0 radical (unpaired) electrons. The molecule has 8 heteroatoms. The predicted molar refractivity (Wildman–Crippen MR) is 66.4 cm³/mol. The summed E-state index contributed by atoms with van der Waals surface area (Å²) in [5.74, 6) is 0.361. The summed E-state index contributed by atoms with van der Waals surface area (Å²) in [6.45, 7) is 0.275. The number of carboxylic acid groups (broad SMARTS) is 1. The highest BCUT2D eigenvalue weighted by atomic mass is 16.5. The second-order valence-corrected chi connectivity index (χ2v) is 3.68. The van der Waals surface area contributed by atoms with Gasteiger partial charge in [-0.3, -0.25) is 9.36 Å². The summed E-state index contributed by atoms with van der Waals surface area (Å²) >= 11 is 0. The molecule has 0 aliphatic rings. The van der Waals surface area contributed by atoms with Gasteiger partial charge in [0.15, 0.2) is 5.65 Å². The Morgan fingerprint density at radius 2 is 2.32 bits per heavy atom. The Kier molecular flexibility index (Phi) is 3.60. The van der Waals surface area contributed by atoms with Gasteiger partial charge in [0.2, 0.25) is 5.88 Å². The van der Waals surface area contributed by atoms with Crippen molar-refractivity contribution in [3.05, 3.63) is 28.7 Å². The summed E-state index contributed by atoms with van der Waals surface area (Å²) < 4.78 is 6.34. The van der Waals surface area contributed by atoms with Gasteiger partial charge >= 0.3 is 6.09 Å². The topological polar surface area (TPSA) is 106 Å². The maximum Gasteiger partial charge on any atom is 0.404 e. The van der Waals surface area contributed by atoms with Crippen molar-refractivity contribution in [3.63, 3.8) is 0 Å². The van der Waals surface area contributed by atoms with Crippen LogP contribution in [0.5, 0.6) is 5.88 Å². The van der Waals surface area contributed by atoms with Crippen LogP contribution in [0, 0.1) is 0 Å². The predicted octanol–water partition coefficient (Wildman–Crippen LogP) is 0.0677. The van der Waals surface area contributed by atoms with Crippen molar-refractivity contribution in [2.75, 3.05) is 13.7 Å². The Hall–Kier alpha value is -2.64. The normalized spacial score (nSPS) is 10.4. The largest absolute Gasteiger partial charge is 0.481 e. The zero-order valence-corrected chi connectivity index (χ0v) is 10.2. The van der Waals surface area contributed by atoms with E-state index in [4.69, 9.17) is 9.84 Å². The van der Waals surface area contributed by atoms with E-state index >= 15 is 0 Å². The lowest BCUT2D eigenvalue weighted by molar-refractivity contribution is 0.194. The van der Waals surface area contributed by atoms with Gasteiger partial charge in [0.1, 0.15) is 5.52 Å². The molecule has 0 bridgehead atoms. The van der Waals surface area contributed by atoms with E-state index in [1.54, 1.807) is 12.1 Å². The van der Waals surface area contributed by atoms with Crippen molar-refractivity contribution in [2.45, 2.75) is 6.54 Å². The minimum atomic E-state index is -1.14. The molecule has 2 N–H and O–H groups in total. The average Bonchev–Trinajstić information content (AvgIpc) is 2.40. The Morgan fingerprint density at radius 3 is 3.00 bits per heavy atom. The third-order valence-electron chi connectivity index (χ3n) is 2.49. The van der Waals surface area contributed by atoms with Gasteiger partial charge in [0.25, 0.3) is 5.56 Å². The van der Waals surface area contributed by atoms with E-state index in [1.807, 2.05) is 0 Å². The Morgan fingerprint density at radius 1 is 1.53 bits per heavy atom. The standard InChI is InChI=1S/C11H12N4O4/c1-19-8-3-2-7-10(14-8)15(9(16)6-13-7)5-4-12-11(17)18/h2-3,6,12H,4-5H2,1H3,(H,17,18). The number of ether oxygens (including phenoxy) is 1. The maximum atomic E-state index is 11.8. The molecule has 19 heavy (non-hydrogen) atoms. The van der Waals surface area contributed by atoms with Gasteiger partial charge in [0.05, 0.1) is 13.3 Å². The molecule has 0 fully saturated rings. The number of hydrogen-bond acceptors (Lipinski definition) is 5. The van der Waals surface area contributed by atoms with Crippen molar-refractivity contribution in [1.82, 2.24) is 19.9 Å². The van der Waals surface area contributed by atoms with Crippen LogP contribution in [-0.2, 0) is 6.54 Å². The molecule has 2 aromatic heterocycles. The van der Waals surface area contributed by atoms with Crippen LogP contribution < -0.4 is 15.6 Å². The van der Waals surface area contributed by atoms with Crippen molar-refractivity contribution < 1.29 is 14.6 Å². The van der Waals surface area contributed by atoms with E-state index in [2.05, 4.69) is 15.3 Å². The molecular formula is C11H12N4O4. The number of aromatic nitrogens is 3. The molecule has 0 aromatic carbocycles. The van der Waals surface area contributed by atoms with Crippen LogP contribution in [0.4, 0.5) is 4.79 Å². The highest BCUT2D eigenvalue weighted by Gasteiger charge is 2.07. The first-order valence-corrected chi connectivity index (χ1v) is 5.49. The van der Waals surface area contributed by atoms with Crippen LogP contribution in [0.15, 0.2) is 23.1 Å². The van der Waals surface area contributed by atoms with E-state index in [0.29, 0.717) is 17.0 Å². The van der Waals surface area contributed by atoms with E-state index in [-0.39, 0.29) is 18.6 Å². The van der Waals surface area contributed by atoms with Crippen LogP contribution in [0.1, 0.15) is 0 Å². The molecule has 0 saturated heterocycles. The number of pyridine rings is 1. The number of carbonyl (C=O) groups is 1. The number of amides is 1. The monoisotopic (exact) mass is 264 g/mol. The van der Waals surface area contributed by atoms with Crippen LogP contribution >= 0.6 is 0 Å². The molecule has 2 aromatic rings. The molecular weight excluding hydrogens is 252 g/mol. The molecule has 0 unspecified atom stereocenters. The number of fused-ring (bicyclic) bond motifs is 1. The molecule has 0 spiro atoms. The Labute approximate surface area is 107 Å². The number of nitrogens with zero attached hydrogens (tertiary/aromatic N) is 3. The van der Waals surface area contributed by atoms with Gasteiger partial charge in [0, 0.05) is 19.2 Å². The number of hydrogen-bond donors (Lipinski definition) is 2. The van der Waals surface area contributed by atoms with Crippen molar-refractivity contribution >= 4 is 17.3 Å². The maximum absolute atomic E-state index is 11.8. The van der Waals surface area contributed by atoms with Gasteiger partial charge in [-0.15, -0.1) is 0 Å². The second kappa shape index (κ2) is 5.34. The van der Waals surface area contributed by atoms with Crippen molar-refractivity contribution in [2.24, 2.45) is 0 Å². The van der Waals surface area contributed by atoms with Crippen molar-refractivity contribution in [1.29, 1.82) is 0 Å². The fraction of sp³-hybridized carbons (Fsp3) is 0.273. The molecule has 1 amide bonds. The van der Waals surface area contributed by atoms with Crippen LogP contribution in [-0.4, -0.2) is 39.4 Å². The molecule has 2 heterocycles. The molecule has 0 aliphatic carbocycles. The average molecular weight is 264 g/mol. The fourth-order valence-electron chi connectivity index (χ4n) is 1.63. The Bertz CT molecular complexity index is 667. The lowest BCUT2D eigenvalue weighted by Crippen LogP contribution is -2.30. The smallest absolute Gasteiger partial charge is 0.404 e. The first-order chi connectivity index (χ1) is 9.11. The van der Waals surface area contributed by atoms with Gasteiger partial charge in [-0.2, -0.15) is 4.98 Å². The molecule has 0 aliphatic heterocycles. The van der Waals surface area contributed by atoms with Gasteiger partial charge in [-0.1, -0.05) is 0 Å². The van der Waals surface area contributed by atoms with E-state index in [1.165, 1.54) is 17.9 Å². The molecule has 8 nitrogen and oxygen atoms in total. The zero-order valence-electron chi connectivity index (χ0n) is 10.2. The molecule has 2 rings (SSSR count). The highest BCUT2D eigenvalue weighted by molar-refractivity contribution is 5.70. The molecule has 0 atom stereocenters. The summed E-state index contributed by atoms with van der Waals surface area (Å²) in [5.41, 5.74) is 0.551. The minimum Gasteiger partial charge on any atom is -0.481 e. The number of methoxy groups -OCH3 is 1. The van der Waals surface area contributed by atoms with E-state index in [9.17, 15) is 9.59 Å². The first-order valence-electron chi connectivity index (χ1n) is 5.49.